The number of nitrogens with one attached hydrogen (secondary N) is 1. The Hall–Kier alpha value is -2.58. The monoisotopic (exact) mass is 420 g/mol. The number of anilines is 2. The molecule has 1 saturated heterocycles. The Labute approximate surface area is 174 Å². The highest BCUT2D eigenvalue weighted by Crippen LogP contribution is 2.26. The number of ether oxygens (including phenoxy) is 2. The average Bonchev–Trinajstić information content (AvgIpc) is 3.21. The van der Waals surface area contributed by atoms with Crippen LogP contribution in [-0.2, 0) is 11.3 Å². The fraction of sp³-hybridized carbons (Fsp3) is 0.450. The van der Waals surface area contributed by atoms with Crippen LogP contribution >= 0.6 is 11.6 Å². The van der Waals surface area contributed by atoms with Gasteiger partial charge in [0.2, 0.25) is 5.95 Å². The molecule has 9 heteroatoms. The summed E-state index contributed by atoms with van der Waals surface area (Å²) < 4.78 is 10.3. The molecule has 1 aromatic carbocycles. The van der Waals surface area contributed by atoms with Gasteiger partial charge in [-0.2, -0.15) is 4.98 Å². The first-order valence-electron chi connectivity index (χ1n) is 9.55. The Morgan fingerprint density at radius 3 is 2.97 bits per heavy atom. The second-order valence-corrected chi connectivity index (χ2v) is 7.04. The maximum Gasteiger partial charge on any atom is 0.343 e. The van der Waals surface area contributed by atoms with Gasteiger partial charge < -0.3 is 24.8 Å². The minimum atomic E-state index is -0.498. The SMILES string of the molecule is CCOC(=O)c1cnc(N2CCC[C@H]2CO)nc1NCc1ccc(OC)cc1Cl. The standard InChI is InChI=1S/C20H25ClN4O4/c1-3-29-19(27)16-11-23-20(25-8-4-5-14(25)12-26)24-18(16)22-10-13-6-7-15(28-2)9-17(13)21/h6-7,9,11,14,26H,3-5,8,10,12H2,1-2H3,(H,22,23,24)/t14-/m0/s1. The van der Waals surface area contributed by atoms with Crippen molar-refractivity contribution in [3.63, 3.8) is 0 Å². The Kier molecular flexibility index (Phi) is 7.11. The maximum atomic E-state index is 12.3. The number of aromatic nitrogens is 2. The van der Waals surface area contributed by atoms with E-state index in [4.69, 9.17) is 21.1 Å². The molecule has 0 aliphatic carbocycles. The number of nitrogens with zero attached hydrogens (tertiary/aromatic N) is 3. The molecule has 0 saturated carbocycles. The number of rotatable bonds is 8. The minimum Gasteiger partial charge on any atom is -0.497 e. The number of methoxy groups -OCH3 is 1. The van der Waals surface area contributed by atoms with Crippen LogP contribution in [0.2, 0.25) is 5.02 Å². The van der Waals surface area contributed by atoms with Crippen molar-refractivity contribution in [3.05, 3.63) is 40.5 Å². The van der Waals surface area contributed by atoms with Gasteiger partial charge in [-0.15, -0.1) is 0 Å². The third-order valence-electron chi connectivity index (χ3n) is 4.82. The summed E-state index contributed by atoms with van der Waals surface area (Å²) in [4.78, 5) is 23.2. The molecule has 1 fully saturated rings. The van der Waals surface area contributed by atoms with Crippen LogP contribution in [-0.4, -0.2) is 54.0 Å². The van der Waals surface area contributed by atoms with Gasteiger partial charge in [-0.3, -0.25) is 0 Å². The second-order valence-electron chi connectivity index (χ2n) is 6.64. The van der Waals surface area contributed by atoms with Gasteiger partial charge in [0.1, 0.15) is 17.1 Å². The van der Waals surface area contributed by atoms with Gasteiger partial charge in [0.05, 0.1) is 26.4 Å². The molecule has 2 N–H and O–H groups in total. The number of aliphatic hydroxyl groups excluding tert-OH is 1. The van der Waals surface area contributed by atoms with Crippen LogP contribution in [0.3, 0.4) is 0 Å². The first-order chi connectivity index (χ1) is 14.1. The molecule has 0 amide bonds. The van der Waals surface area contributed by atoms with E-state index in [1.165, 1.54) is 6.20 Å². The van der Waals surface area contributed by atoms with Gasteiger partial charge in [-0.25, -0.2) is 9.78 Å². The molecule has 2 heterocycles. The zero-order chi connectivity index (χ0) is 20.8. The third kappa shape index (κ3) is 4.89. The maximum absolute atomic E-state index is 12.3. The fourth-order valence-electron chi connectivity index (χ4n) is 3.27. The van der Waals surface area contributed by atoms with E-state index >= 15 is 0 Å². The van der Waals surface area contributed by atoms with Crippen LogP contribution in [0.25, 0.3) is 0 Å². The third-order valence-corrected chi connectivity index (χ3v) is 5.17. The van der Waals surface area contributed by atoms with E-state index in [1.807, 2.05) is 17.0 Å². The molecule has 1 atom stereocenters. The summed E-state index contributed by atoms with van der Waals surface area (Å²) in [5, 5.41) is 13.3. The van der Waals surface area contributed by atoms with Crippen LogP contribution in [0.5, 0.6) is 5.75 Å². The van der Waals surface area contributed by atoms with E-state index < -0.39 is 5.97 Å². The summed E-state index contributed by atoms with van der Waals surface area (Å²) in [6.07, 6.45) is 3.30. The molecule has 2 aromatic rings. The zero-order valence-electron chi connectivity index (χ0n) is 16.5. The Morgan fingerprint density at radius 1 is 1.45 bits per heavy atom. The summed E-state index contributed by atoms with van der Waals surface area (Å²) in [6, 6.07) is 5.37. The van der Waals surface area contributed by atoms with Crippen molar-refractivity contribution < 1.29 is 19.4 Å². The lowest BCUT2D eigenvalue weighted by Gasteiger charge is -2.23. The zero-order valence-corrected chi connectivity index (χ0v) is 17.3. The van der Waals surface area contributed by atoms with E-state index in [1.54, 1.807) is 20.1 Å². The summed E-state index contributed by atoms with van der Waals surface area (Å²) >= 11 is 6.32. The predicted octanol–water partition coefficient (Wildman–Crippen LogP) is 2.89. The highest BCUT2D eigenvalue weighted by Gasteiger charge is 2.27. The number of carbonyl (C=O) groups is 1. The predicted molar refractivity (Wildman–Crippen MR) is 111 cm³/mol. The van der Waals surface area contributed by atoms with E-state index in [2.05, 4.69) is 15.3 Å². The van der Waals surface area contributed by atoms with Crippen molar-refractivity contribution in [1.82, 2.24) is 9.97 Å². The van der Waals surface area contributed by atoms with Crippen molar-refractivity contribution in [2.75, 3.05) is 37.1 Å². The van der Waals surface area contributed by atoms with Crippen molar-refractivity contribution in [1.29, 1.82) is 0 Å². The highest BCUT2D eigenvalue weighted by atomic mass is 35.5. The van der Waals surface area contributed by atoms with Crippen LogP contribution in [0.4, 0.5) is 11.8 Å². The number of esters is 1. The molecule has 8 nitrogen and oxygen atoms in total. The van der Waals surface area contributed by atoms with E-state index in [-0.39, 0.29) is 24.8 Å². The largest absolute Gasteiger partial charge is 0.497 e. The average molecular weight is 421 g/mol. The first-order valence-corrected chi connectivity index (χ1v) is 9.93. The molecule has 0 radical (unpaired) electrons. The van der Waals surface area contributed by atoms with Crippen molar-refractivity contribution in [2.24, 2.45) is 0 Å². The highest BCUT2D eigenvalue weighted by molar-refractivity contribution is 6.31. The van der Waals surface area contributed by atoms with Gasteiger partial charge >= 0.3 is 5.97 Å². The molecule has 3 rings (SSSR count). The number of hydrogen-bond acceptors (Lipinski definition) is 8. The molecular weight excluding hydrogens is 396 g/mol. The van der Waals surface area contributed by atoms with Crippen LogP contribution < -0.4 is 15.0 Å². The first kappa shape index (κ1) is 21.1. The minimum absolute atomic E-state index is 0.0210. The fourth-order valence-corrected chi connectivity index (χ4v) is 3.51. The molecule has 1 aliphatic rings. The van der Waals surface area contributed by atoms with Gasteiger partial charge in [0.25, 0.3) is 0 Å². The number of carbonyl (C=O) groups excluding carboxylic acids is 1. The quantitative estimate of drug-likeness (QED) is 0.629. The summed E-state index contributed by atoms with van der Waals surface area (Å²) in [7, 11) is 1.58. The lowest BCUT2D eigenvalue weighted by molar-refractivity contribution is 0.0526. The van der Waals surface area contributed by atoms with Crippen LogP contribution in [0.1, 0.15) is 35.7 Å². The second kappa shape index (κ2) is 9.76. The molecule has 0 unspecified atom stereocenters. The Morgan fingerprint density at radius 2 is 2.28 bits per heavy atom. The lowest BCUT2D eigenvalue weighted by Crippen LogP contribution is -2.33. The summed E-state index contributed by atoms with van der Waals surface area (Å²) in [5.41, 5.74) is 1.08. The Balaban J connectivity index is 1.87. The smallest absolute Gasteiger partial charge is 0.343 e. The van der Waals surface area contributed by atoms with Gasteiger partial charge in [-0.05, 0) is 37.5 Å². The van der Waals surface area contributed by atoms with Crippen molar-refractivity contribution in [2.45, 2.75) is 32.4 Å². The summed E-state index contributed by atoms with van der Waals surface area (Å²) in [5.74, 6) is 1.00. The molecule has 1 aromatic heterocycles. The number of aliphatic hydroxyl groups is 1. The lowest BCUT2D eigenvalue weighted by atomic mass is 10.2. The van der Waals surface area contributed by atoms with Crippen LogP contribution in [0, 0.1) is 0 Å². The molecule has 0 bridgehead atoms. The Bertz CT molecular complexity index is 864. The van der Waals surface area contributed by atoms with Gasteiger partial charge in [-0.1, -0.05) is 17.7 Å². The van der Waals surface area contributed by atoms with E-state index in [0.29, 0.717) is 29.1 Å². The summed E-state index contributed by atoms with van der Waals surface area (Å²) in [6.45, 7) is 3.15. The molecule has 1 aliphatic heterocycles. The molecular formula is C20H25ClN4O4. The van der Waals surface area contributed by atoms with Gasteiger partial charge in [0, 0.05) is 24.3 Å². The van der Waals surface area contributed by atoms with Crippen molar-refractivity contribution in [3.8, 4) is 5.75 Å². The van der Waals surface area contributed by atoms with Crippen molar-refractivity contribution >= 4 is 29.3 Å². The van der Waals surface area contributed by atoms with Crippen LogP contribution in [0.15, 0.2) is 24.4 Å². The van der Waals surface area contributed by atoms with Gasteiger partial charge in [0.15, 0.2) is 0 Å². The van der Waals surface area contributed by atoms with E-state index in [0.717, 1.165) is 24.9 Å². The number of benzene rings is 1. The molecule has 29 heavy (non-hydrogen) atoms. The normalized spacial score (nSPS) is 16.0. The number of hydrogen-bond donors (Lipinski definition) is 2. The topological polar surface area (TPSA) is 96.8 Å². The molecule has 156 valence electrons. The number of halogens is 1. The van der Waals surface area contributed by atoms with E-state index in [9.17, 15) is 9.90 Å². The molecule has 0 spiro atoms.